The Kier molecular flexibility index (Phi) is 2.42. The Morgan fingerprint density at radius 3 is 3.00 bits per heavy atom. The minimum absolute atomic E-state index is 0.000000000000000222. The van der Waals surface area contributed by atoms with Gasteiger partial charge in [0.2, 0.25) is 0 Å². The molecule has 1 aromatic rings. The van der Waals surface area contributed by atoms with Crippen LogP contribution >= 0.6 is 11.6 Å². The molecule has 1 aliphatic rings. The van der Waals surface area contributed by atoms with E-state index in [1.165, 1.54) is 12.1 Å². The van der Waals surface area contributed by atoms with E-state index in [0.29, 0.717) is 25.0 Å². The van der Waals surface area contributed by atoms with E-state index in [-0.39, 0.29) is 16.6 Å². The van der Waals surface area contributed by atoms with Gasteiger partial charge >= 0.3 is 0 Å². The Hall–Kier alpha value is -1.09. The lowest BCUT2D eigenvalue weighted by Gasteiger charge is -2.07. The standard InChI is InChI=1S/C10H8ClFO2/c11-7-4-3-6-8(13)2-1-5-14-10(6)9(7)12/h3-4H,1-2,5H2. The molecule has 2 rings (SSSR count). The summed E-state index contributed by atoms with van der Waals surface area (Å²) in [7, 11) is 0. The summed E-state index contributed by atoms with van der Waals surface area (Å²) in [5, 5.41) is -0.0153. The molecule has 0 unspecified atom stereocenters. The highest BCUT2D eigenvalue weighted by Gasteiger charge is 2.21. The molecule has 0 spiro atoms. The summed E-state index contributed by atoms with van der Waals surface area (Å²) in [5.41, 5.74) is 0.296. The highest BCUT2D eigenvalue weighted by Crippen LogP contribution is 2.31. The number of rotatable bonds is 0. The average molecular weight is 215 g/mol. The van der Waals surface area contributed by atoms with Crippen molar-refractivity contribution >= 4 is 17.4 Å². The van der Waals surface area contributed by atoms with Crippen molar-refractivity contribution in [2.75, 3.05) is 6.61 Å². The van der Waals surface area contributed by atoms with Crippen molar-refractivity contribution in [3.05, 3.63) is 28.5 Å². The number of ketones is 1. The molecule has 1 heterocycles. The van der Waals surface area contributed by atoms with Crippen molar-refractivity contribution in [3.8, 4) is 5.75 Å². The lowest BCUT2D eigenvalue weighted by atomic mass is 10.1. The maximum atomic E-state index is 13.4. The van der Waals surface area contributed by atoms with Crippen LogP contribution in [0.25, 0.3) is 0 Å². The second-order valence-electron chi connectivity index (χ2n) is 3.11. The summed E-state index contributed by atoms with van der Waals surface area (Å²) in [6, 6.07) is 2.89. The Labute approximate surface area is 85.6 Å². The third-order valence-electron chi connectivity index (χ3n) is 2.14. The number of Topliss-reactive ketones (excluding diaryl/α,β-unsaturated/α-hetero) is 1. The van der Waals surface area contributed by atoms with E-state index in [1.807, 2.05) is 0 Å². The molecule has 0 bridgehead atoms. The minimum Gasteiger partial charge on any atom is -0.490 e. The van der Waals surface area contributed by atoms with E-state index in [2.05, 4.69) is 0 Å². The Morgan fingerprint density at radius 1 is 1.43 bits per heavy atom. The van der Waals surface area contributed by atoms with Crippen molar-refractivity contribution in [1.82, 2.24) is 0 Å². The third-order valence-corrected chi connectivity index (χ3v) is 2.44. The van der Waals surface area contributed by atoms with Crippen LogP contribution in [0.2, 0.25) is 5.02 Å². The summed E-state index contributed by atoms with van der Waals surface area (Å²) in [5.74, 6) is -0.729. The maximum absolute atomic E-state index is 13.4. The second-order valence-corrected chi connectivity index (χ2v) is 3.52. The SMILES string of the molecule is O=C1CCCOc2c1ccc(Cl)c2F. The second kappa shape index (κ2) is 3.58. The van der Waals surface area contributed by atoms with Gasteiger partial charge in [0.15, 0.2) is 17.3 Å². The minimum atomic E-state index is -0.639. The fraction of sp³-hybridized carbons (Fsp3) is 0.300. The number of hydrogen-bond donors (Lipinski definition) is 0. The highest BCUT2D eigenvalue weighted by atomic mass is 35.5. The quantitative estimate of drug-likeness (QED) is 0.664. The first-order chi connectivity index (χ1) is 6.70. The number of carbonyl (C=O) groups is 1. The van der Waals surface area contributed by atoms with Gasteiger partial charge in [0, 0.05) is 6.42 Å². The van der Waals surface area contributed by atoms with Crippen molar-refractivity contribution in [3.63, 3.8) is 0 Å². The number of hydrogen-bond acceptors (Lipinski definition) is 2. The van der Waals surface area contributed by atoms with Crippen LogP contribution in [0.5, 0.6) is 5.75 Å². The molecule has 0 amide bonds. The highest BCUT2D eigenvalue weighted by molar-refractivity contribution is 6.31. The summed E-state index contributed by atoms with van der Waals surface area (Å²) in [6.45, 7) is 0.357. The van der Waals surface area contributed by atoms with E-state index >= 15 is 0 Å². The van der Waals surface area contributed by atoms with Crippen LogP contribution in [0, 0.1) is 5.82 Å². The predicted octanol–water partition coefficient (Wildman–Crippen LogP) is 2.83. The number of fused-ring (bicyclic) bond motifs is 1. The molecular weight excluding hydrogens is 207 g/mol. The number of benzene rings is 1. The molecule has 1 aromatic carbocycles. The van der Waals surface area contributed by atoms with Crippen LogP contribution in [0.15, 0.2) is 12.1 Å². The van der Waals surface area contributed by atoms with Gasteiger partial charge in [-0.3, -0.25) is 4.79 Å². The molecule has 2 nitrogen and oxygen atoms in total. The van der Waals surface area contributed by atoms with Crippen molar-refractivity contribution in [1.29, 1.82) is 0 Å². The van der Waals surface area contributed by atoms with Crippen molar-refractivity contribution in [2.45, 2.75) is 12.8 Å². The van der Waals surface area contributed by atoms with E-state index < -0.39 is 5.82 Å². The molecule has 14 heavy (non-hydrogen) atoms. The number of halogens is 2. The fourth-order valence-electron chi connectivity index (χ4n) is 1.43. The summed E-state index contributed by atoms with van der Waals surface area (Å²) < 4.78 is 18.6. The van der Waals surface area contributed by atoms with Gasteiger partial charge in [-0.25, -0.2) is 4.39 Å². The van der Waals surface area contributed by atoms with Gasteiger partial charge in [0.1, 0.15) is 0 Å². The predicted molar refractivity (Wildman–Crippen MR) is 50.5 cm³/mol. The smallest absolute Gasteiger partial charge is 0.184 e. The molecule has 0 aliphatic carbocycles. The lowest BCUT2D eigenvalue weighted by Crippen LogP contribution is -2.00. The summed E-state index contributed by atoms with van der Waals surface area (Å²) >= 11 is 5.58. The molecule has 74 valence electrons. The Morgan fingerprint density at radius 2 is 2.21 bits per heavy atom. The molecule has 0 radical (unpaired) electrons. The number of carbonyl (C=O) groups excluding carboxylic acids is 1. The summed E-state index contributed by atoms with van der Waals surface area (Å²) in [6.07, 6.45) is 1.01. The van der Waals surface area contributed by atoms with Gasteiger partial charge in [-0.2, -0.15) is 0 Å². The van der Waals surface area contributed by atoms with Gasteiger partial charge < -0.3 is 4.74 Å². The van der Waals surface area contributed by atoms with Crippen molar-refractivity contribution < 1.29 is 13.9 Å². The first-order valence-electron chi connectivity index (χ1n) is 4.34. The fourth-order valence-corrected chi connectivity index (χ4v) is 1.58. The van der Waals surface area contributed by atoms with Crippen LogP contribution < -0.4 is 4.74 Å². The van der Waals surface area contributed by atoms with Crippen molar-refractivity contribution in [2.24, 2.45) is 0 Å². The molecule has 0 saturated carbocycles. The molecule has 4 heteroatoms. The average Bonchev–Trinajstić information content (AvgIpc) is 2.35. The van der Waals surface area contributed by atoms with Gasteiger partial charge in [-0.05, 0) is 18.6 Å². The Balaban J connectivity index is 2.58. The van der Waals surface area contributed by atoms with Crippen LogP contribution in [0.3, 0.4) is 0 Å². The van der Waals surface area contributed by atoms with E-state index in [0.717, 1.165) is 0 Å². The van der Waals surface area contributed by atoms with Gasteiger partial charge in [0.05, 0.1) is 17.2 Å². The van der Waals surface area contributed by atoms with Gasteiger partial charge in [-0.15, -0.1) is 0 Å². The molecule has 0 atom stereocenters. The van der Waals surface area contributed by atoms with E-state index in [1.54, 1.807) is 0 Å². The molecular formula is C10H8ClFO2. The molecule has 0 fully saturated rings. The Bertz CT molecular complexity index is 390. The van der Waals surface area contributed by atoms with E-state index in [9.17, 15) is 9.18 Å². The monoisotopic (exact) mass is 214 g/mol. The maximum Gasteiger partial charge on any atom is 0.184 e. The van der Waals surface area contributed by atoms with Crippen LogP contribution in [0.1, 0.15) is 23.2 Å². The molecule has 0 N–H and O–H groups in total. The van der Waals surface area contributed by atoms with Gasteiger partial charge in [0.25, 0.3) is 0 Å². The van der Waals surface area contributed by atoms with Gasteiger partial charge in [-0.1, -0.05) is 11.6 Å². The van der Waals surface area contributed by atoms with E-state index in [4.69, 9.17) is 16.3 Å². The topological polar surface area (TPSA) is 26.3 Å². The van der Waals surface area contributed by atoms with Crippen LogP contribution in [-0.2, 0) is 0 Å². The summed E-state index contributed by atoms with van der Waals surface area (Å²) in [4.78, 5) is 11.5. The molecule has 0 aromatic heterocycles. The van der Waals surface area contributed by atoms with Crippen LogP contribution in [0.4, 0.5) is 4.39 Å². The first-order valence-corrected chi connectivity index (χ1v) is 4.72. The number of ether oxygens (including phenoxy) is 1. The third kappa shape index (κ3) is 1.48. The van der Waals surface area contributed by atoms with Crippen LogP contribution in [-0.4, -0.2) is 12.4 Å². The molecule has 1 aliphatic heterocycles. The zero-order valence-electron chi connectivity index (χ0n) is 7.35. The zero-order chi connectivity index (χ0) is 10.1. The lowest BCUT2D eigenvalue weighted by molar-refractivity contribution is 0.0983. The normalized spacial score (nSPS) is 15.7. The molecule has 0 saturated heterocycles. The zero-order valence-corrected chi connectivity index (χ0v) is 8.10. The first kappa shape index (κ1) is 9.46. The largest absolute Gasteiger partial charge is 0.490 e.